The van der Waals surface area contributed by atoms with Crippen LogP contribution in [0, 0.1) is 0 Å². The van der Waals surface area contributed by atoms with Crippen LogP contribution in [0.4, 0.5) is 5.69 Å². The maximum Gasteiger partial charge on any atom is 0.243 e. The van der Waals surface area contributed by atoms with Crippen LogP contribution in [0.1, 0.15) is 12.5 Å². The lowest BCUT2D eigenvalue weighted by atomic mass is 10.2. The average Bonchev–Trinajstić information content (AvgIpc) is 2.74. The lowest BCUT2D eigenvalue weighted by Crippen LogP contribution is -2.47. The molecular weight excluding hydrogens is 402 g/mol. The van der Waals surface area contributed by atoms with Crippen LogP contribution in [0.15, 0.2) is 79.1 Å². The summed E-state index contributed by atoms with van der Waals surface area (Å²) in [5, 5.41) is 2.77. The highest BCUT2D eigenvalue weighted by molar-refractivity contribution is 7.92. The van der Waals surface area contributed by atoms with Gasteiger partial charge in [-0.15, -0.1) is 0 Å². The molecule has 0 spiro atoms. The summed E-state index contributed by atoms with van der Waals surface area (Å²) in [5.74, 6) is 0.837. The summed E-state index contributed by atoms with van der Waals surface area (Å²) in [7, 11) is -3.70. The molecule has 156 valence electrons. The van der Waals surface area contributed by atoms with Crippen LogP contribution in [-0.2, 0) is 21.4 Å². The van der Waals surface area contributed by atoms with Gasteiger partial charge in [0.15, 0.2) is 0 Å². The van der Waals surface area contributed by atoms with Crippen molar-refractivity contribution < 1.29 is 17.9 Å². The molecule has 1 N–H and O–H groups in total. The van der Waals surface area contributed by atoms with E-state index in [4.69, 9.17) is 4.74 Å². The lowest BCUT2D eigenvalue weighted by molar-refractivity contribution is -0.122. The highest BCUT2D eigenvalue weighted by atomic mass is 32.2. The Hall–Kier alpha value is -3.39. The minimum atomic E-state index is -3.70. The van der Waals surface area contributed by atoms with Gasteiger partial charge >= 0.3 is 0 Å². The van der Waals surface area contributed by atoms with Gasteiger partial charge in [0, 0.05) is 18.9 Å². The van der Waals surface area contributed by atoms with Crippen molar-refractivity contribution in [2.24, 2.45) is 0 Å². The maximum absolute atomic E-state index is 12.6. The molecule has 0 saturated heterocycles. The van der Waals surface area contributed by atoms with Gasteiger partial charge in [0.05, 0.1) is 11.9 Å². The molecule has 0 aliphatic carbocycles. The van der Waals surface area contributed by atoms with Crippen LogP contribution in [0.25, 0.3) is 0 Å². The van der Waals surface area contributed by atoms with E-state index in [9.17, 15) is 13.2 Å². The molecule has 0 unspecified atom stereocenters. The molecular formula is C22H23N3O4S. The number of benzene rings is 2. The standard InChI is InChI=1S/C22H23N3O4S/c1-17(22(26)24-16-18-12-14-23-15-13-18)25(30(2,27)28)19-8-10-21(11-9-19)29-20-6-4-3-5-7-20/h3-15,17H,16H2,1-2H3,(H,24,26)/t17-/m0/s1. The molecule has 2 aromatic carbocycles. The second-order valence-corrected chi connectivity index (χ2v) is 8.58. The van der Waals surface area contributed by atoms with E-state index in [0.29, 0.717) is 17.2 Å². The fraction of sp³-hybridized carbons (Fsp3) is 0.182. The fourth-order valence-electron chi connectivity index (χ4n) is 2.93. The number of hydrogen-bond donors (Lipinski definition) is 1. The van der Waals surface area contributed by atoms with Gasteiger partial charge in [-0.2, -0.15) is 0 Å². The van der Waals surface area contributed by atoms with E-state index in [2.05, 4.69) is 10.3 Å². The summed E-state index contributed by atoms with van der Waals surface area (Å²) >= 11 is 0. The Morgan fingerprint density at radius 2 is 1.60 bits per heavy atom. The number of carbonyl (C=O) groups excluding carboxylic acids is 1. The molecule has 0 aliphatic rings. The van der Waals surface area contributed by atoms with Crippen molar-refractivity contribution in [1.82, 2.24) is 10.3 Å². The smallest absolute Gasteiger partial charge is 0.243 e. The minimum Gasteiger partial charge on any atom is -0.457 e. The second-order valence-electron chi connectivity index (χ2n) is 6.72. The predicted octanol–water partition coefficient (Wildman–Crippen LogP) is 3.34. The van der Waals surface area contributed by atoms with Gasteiger partial charge in [0.25, 0.3) is 0 Å². The van der Waals surface area contributed by atoms with Crippen molar-refractivity contribution in [3.05, 3.63) is 84.7 Å². The van der Waals surface area contributed by atoms with Crippen LogP contribution < -0.4 is 14.4 Å². The highest BCUT2D eigenvalue weighted by Crippen LogP contribution is 2.26. The molecule has 30 heavy (non-hydrogen) atoms. The van der Waals surface area contributed by atoms with E-state index < -0.39 is 22.0 Å². The number of hydrogen-bond acceptors (Lipinski definition) is 5. The third kappa shape index (κ3) is 5.57. The Bertz CT molecular complexity index is 1070. The first-order valence-corrected chi connectivity index (χ1v) is 11.2. The van der Waals surface area contributed by atoms with Gasteiger partial charge in [-0.25, -0.2) is 8.42 Å². The summed E-state index contributed by atoms with van der Waals surface area (Å²) in [6.45, 7) is 1.84. The van der Waals surface area contributed by atoms with Gasteiger partial charge < -0.3 is 10.1 Å². The molecule has 0 saturated carbocycles. The maximum atomic E-state index is 12.6. The van der Waals surface area contributed by atoms with E-state index in [1.165, 1.54) is 0 Å². The van der Waals surface area contributed by atoms with Gasteiger partial charge in [0.2, 0.25) is 15.9 Å². The third-order valence-corrected chi connectivity index (χ3v) is 5.62. The normalized spacial score (nSPS) is 12.1. The number of amides is 1. The molecule has 1 heterocycles. The van der Waals surface area contributed by atoms with Crippen LogP contribution >= 0.6 is 0 Å². The fourth-order valence-corrected chi connectivity index (χ4v) is 4.11. The zero-order valence-corrected chi connectivity index (χ0v) is 17.5. The number of nitrogens with zero attached hydrogens (tertiary/aromatic N) is 2. The molecule has 0 aliphatic heterocycles. The zero-order valence-electron chi connectivity index (χ0n) is 16.7. The average molecular weight is 426 g/mol. The number of ether oxygens (including phenoxy) is 1. The van der Waals surface area contributed by atoms with E-state index in [1.54, 1.807) is 55.7 Å². The Balaban J connectivity index is 1.74. The van der Waals surface area contributed by atoms with E-state index in [0.717, 1.165) is 16.1 Å². The molecule has 3 aromatic rings. The number of para-hydroxylation sites is 1. The number of rotatable bonds is 8. The van der Waals surface area contributed by atoms with Gasteiger partial charge in [-0.1, -0.05) is 18.2 Å². The monoisotopic (exact) mass is 425 g/mol. The summed E-state index contributed by atoms with van der Waals surface area (Å²) in [6.07, 6.45) is 4.34. The van der Waals surface area contributed by atoms with Crippen molar-refractivity contribution in [3.8, 4) is 11.5 Å². The molecule has 0 bridgehead atoms. The molecule has 8 heteroatoms. The van der Waals surface area contributed by atoms with Crippen LogP contribution in [0.3, 0.4) is 0 Å². The SMILES string of the molecule is C[C@@H](C(=O)NCc1ccncc1)N(c1ccc(Oc2ccccc2)cc1)S(C)(=O)=O. The summed E-state index contributed by atoms with van der Waals surface area (Å²) < 4.78 is 31.7. The zero-order chi connectivity index (χ0) is 21.6. The predicted molar refractivity (Wildman–Crippen MR) is 116 cm³/mol. The number of nitrogens with one attached hydrogen (secondary N) is 1. The first kappa shape index (κ1) is 21.3. The molecule has 7 nitrogen and oxygen atoms in total. The Morgan fingerprint density at radius 3 is 2.20 bits per heavy atom. The summed E-state index contributed by atoms with van der Waals surface area (Å²) in [5.41, 5.74) is 1.25. The van der Waals surface area contributed by atoms with Gasteiger partial charge in [0.1, 0.15) is 17.5 Å². The summed E-state index contributed by atoms with van der Waals surface area (Å²) in [4.78, 5) is 16.6. The van der Waals surface area contributed by atoms with Crippen molar-refractivity contribution in [3.63, 3.8) is 0 Å². The Morgan fingerprint density at radius 1 is 1.00 bits per heavy atom. The molecule has 3 rings (SSSR count). The third-order valence-electron chi connectivity index (χ3n) is 4.37. The van der Waals surface area contributed by atoms with Crippen LogP contribution in [-0.4, -0.2) is 31.6 Å². The Labute approximate surface area is 176 Å². The molecule has 1 atom stereocenters. The lowest BCUT2D eigenvalue weighted by Gasteiger charge is -2.28. The minimum absolute atomic E-state index is 0.285. The molecule has 1 aromatic heterocycles. The quantitative estimate of drug-likeness (QED) is 0.598. The molecule has 0 fully saturated rings. The number of pyridine rings is 1. The van der Waals surface area contributed by atoms with Crippen molar-refractivity contribution in [2.75, 3.05) is 10.6 Å². The highest BCUT2D eigenvalue weighted by Gasteiger charge is 2.29. The van der Waals surface area contributed by atoms with Crippen molar-refractivity contribution in [2.45, 2.75) is 19.5 Å². The van der Waals surface area contributed by atoms with Gasteiger partial charge in [-0.05, 0) is 61.0 Å². The summed E-state index contributed by atoms with van der Waals surface area (Å²) in [6, 6.07) is 18.5. The first-order chi connectivity index (χ1) is 14.3. The topological polar surface area (TPSA) is 88.6 Å². The van der Waals surface area contributed by atoms with E-state index in [-0.39, 0.29) is 6.54 Å². The number of aromatic nitrogens is 1. The largest absolute Gasteiger partial charge is 0.457 e. The number of anilines is 1. The molecule has 1 amide bonds. The Kier molecular flexibility index (Phi) is 6.68. The second kappa shape index (κ2) is 9.41. The first-order valence-electron chi connectivity index (χ1n) is 9.33. The molecule has 0 radical (unpaired) electrons. The van der Waals surface area contributed by atoms with Crippen molar-refractivity contribution in [1.29, 1.82) is 0 Å². The van der Waals surface area contributed by atoms with Crippen LogP contribution in [0.5, 0.6) is 11.5 Å². The van der Waals surface area contributed by atoms with Crippen molar-refractivity contribution >= 4 is 21.6 Å². The van der Waals surface area contributed by atoms with E-state index in [1.807, 2.05) is 30.3 Å². The van der Waals surface area contributed by atoms with E-state index >= 15 is 0 Å². The number of carbonyl (C=O) groups is 1. The van der Waals surface area contributed by atoms with Gasteiger partial charge in [-0.3, -0.25) is 14.1 Å². The number of sulfonamides is 1. The van der Waals surface area contributed by atoms with Crippen LogP contribution in [0.2, 0.25) is 0 Å².